The van der Waals surface area contributed by atoms with Crippen molar-refractivity contribution in [1.29, 1.82) is 0 Å². The summed E-state index contributed by atoms with van der Waals surface area (Å²) in [5.41, 5.74) is 0.276. The van der Waals surface area contributed by atoms with Crippen LogP contribution < -0.4 is 10.6 Å². The monoisotopic (exact) mass is 351 g/mol. The number of carbonyl (C=O) groups excluding carboxylic acids is 1. The molecule has 0 bridgehead atoms. The predicted octanol–water partition coefficient (Wildman–Crippen LogP) is 2.44. The summed E-state index contributed by atoms with van der Waals surface area (Å²) in [7, 11) is 1.69. The van der Waals surface area contributed by atoms with E-state index in [1.54, 1.807) is 13.1 Å². The molecule has 8 nitrogen and oxygen atoms in total. The fourth-order valence-electron chi connectivity index (χ4n) is 1.50. The van der Waals surface area contributed by atoms with E-state index in [1.807, 2.05) is 0 Å². The van der Waals surface area contributed by atoms with Crippen molar-refractivity contribution in [2.75, 3.05) is 17.7 Å². The number of benzene rings is 1. The van der Waals surface area contributed by atoms with Gasteiger partial charge in [0, 0.05) is 18.8 Å². The molecule has 0 atom stereocenters. The lowest BCUT2D eigenvalue weighted by atomic mass is 10.2. The van der Waals surface area contributed by atoms with Gasteiger partial charge in [0.1, 0.15) is 11.5 Å². The predicted molar refractivity (Wildman–Crippen MR) is 80.3 cm³/mol. The van der Waals surface area contributed by atoms with Crippen LogP contribution in [0.5, 0.6) is 0 Å². The second-order valence-corrected chi connectivity index (χ2v) is 4.77. The average Bonchev–Trinajstić information content (AvgIpc) is 2.49. The van der Waals surface area contributed by atoms with Gasteiger partial charge in [-0.2, -0.15) is 0 Å². The SMILES string of the molecule is CNc1cnc(C(=O)Nc2ccc(Br)c([N+](=O)[O-])c2)cn1. The summed E-state index contributed by atoms with van der Waals surface area (Å²) in [6.45, 7) is 0. The van der Waals surface area contributed by atoms with E-state index in [2.05, 4.69) is 36.5 Å². The van der Waals surface area contributed by atoms with Crippen molar-refractivity contribution in [2.45, 2.75) is 0 Å². The Morgan fingerprint density at radius 3 is 2.67 bits per heavy atom. The van der Waals surface area contributed by atoms with Crippen molar-refractivity contribution < 1.29 is 9.72 Å². The molecule has 0 aliphatic heterocycles. The molecule has 2 rings (SSSR count). The van der Waals surface area contributed by atoms with Crippen molar-refractivity contribution in [2.24, 2.45) is 0 Å². The van der Waals surface area contributed by atoms with Gasteiger partial charge in [-0.1, -0.05) is 0 Å². The zero-order valence-corrected chi connectivity index (χ0v) is 12.4. The summed E-state index contributed by atoms with van der Waals surface area (Å²) in [5, 5.41) is 16.1. The van der Waals surface area contributed by atoms with Crippen LogP contribution in [-0.4, -0.2) is 27.8 Å². The Morgan fingerprint density at radius 2 is 2.10 bits per heavy atom. The Morgan fingerprint density at radius 1 is 1.33 bits per heavy atom. The number of halogens is 1. The van der Waals surface area contributed by atoms with Crippen LogP contribution in [0.4, 0.5) is 17.2 Å². The van der Waals surface area contributed by atoms with Crippen LogP contribution in [0.15, 0.2) is 35.1 Å². The van der Waals surface area contributed by atoms with Gasteiger partial charge in [0.15, 0.2) is 0 Å². The first kappa shape index (κ1) is 14.9. The standard InChI is InChI=1S/C12H10BrN5O3/c1-14-11-6-15-9(5-16-11)12(19)17-7-2-3-8(13)10(4-7)18(20)21/h2-6H,1H3,(H,14,16)(H,17,19). The highest BCUT2D eigenvalue weighted by molar-refractivity contribution is 9.10. The Bertz CT molecular complexity index is 690. The van der Waals surface area contributed by atoms with Crippen molar-refractivity contribution in [1.82, 2.24) is 9.97 Å². The first-order valence-corrected chi connectivity index (χ1v) is 6.55. The number of anilines is 2. The number of nitrogens with zero attached hydrogens (tertiary/aromatic N) is 3. The van der Waals surface area contributed by atoms with Gasteiger partial charge in [-0.15, -0.1) is 0 Å². The van der Waals surface area contributed by atoms with Gasteiger partial charge >= 0.3 is 0 Å². The molecule has 21 heavy (non-hydrogen) atoms. The second kappa shape index (κ2) is 6.27. The average molecular weight is 352 g/mol. The van der Waals surface area contributed by atoms with Crippen LogP contribution in [-0.2, 0) is 0 Å². The first-order chi connectivity index (χ1) is 10.0. The van der Waals surface area contributed by atoms with Crippen LogP contribution in [0.3, 0.4) is 0 Å². The number of aromatic nitrogens is 2. The van der Waals surface area contributed by atoms with E-state index >= 15 is 0 Å². The zero-order chi connectivity index (χ0) is 15.4. The number of hydrogen-bond acceptors (Lipinski definition) is 6. The Kier molecular flexibility index (Phi) is 4.43. The summed E-state index contributed by atoms with van der Waals surface area (Å²) in [5.74, 6) is 0.0348. The molecule has 2 aromatic rings. The molecule has 0 saturated heterocycles. The van der Waals surface area contributed by atoms with E-state index in [0.717, 1.165) is 0 Å². The topological polar surface area (TPSA) is 110 Å². The van der Waals surface area contributed by atoms with Gasteiger partial charge in [0.2, 0.25) is 0 Å². The summed E-state index contributed by atoms with van der Waals surface area (Å²) < 4.78 is 0.337. The third-order valence-electron chi connectivity index (χ3n) is 2.54. The van der Waals surface area contributed by atoms with Crippen molar-refractivity contribution in [3.8, 4) is 0 Å². The molecule has 9 heteroatoms. The van der Waals surface area contributed by atoms with Crippen LogP contribution in [0.25, 0.3) is 0 Å². The summed E-state index contributed by atoms with van der Waals surface area (Å²) >= 11 is 3.07. The lowest BCUT2D eigenvalue weighted by Crippen LogP contribution is -2.14. The number of nitrogens with one attached hydrogen (secondary N) is 2. The summed E-state index contributed by atoms with van der Waals surface area (Å²) in [6.07, 6.45) is 2.73. The van der Waals surface area contributed by atoms with Gasteiger partial charge in [-0.05, 0) is 28.1 Å². The zero-order valence-electron chi connectivity index (χ0n) is 10.8. The number of hydrogen-bond donors (Lipinski definition) is 2. The maximum Gasteiger partial charge on any atom is 0.285 e. The van der Waals surface area contributed by atoms with Gasteiger partial charge in [-0.3, -0.25) is 14.9 Å². The lowest BCUT2D eigenvalue weighted by Gasteiger charge is -2.05. The number of amides is 1. The Labute approximate surface area is 127 Å². The maximum atomic E-state index is 12.0. The van der Waals surface area contributed by atoms with E-state index < -0.39 is 10.8 Å². The molecule has 0 aliphatic carbocycles. The lowest BCUT2D eigenvalue weighted by molar-refractivity contribution is -0.385. The largest absolute Gasteiger partial charge is 0.372 e. The highest BCUT2D eigenvalue weighted by Gasteiger charge is 2.14. The molecule has 1 aromatic carbocycles. The molecular weight excluding hydrogens is 342 g/mol. The smallest absolute Gasteiger partial charge is 0.285 e. The third kappa shape index (κ3) is 3.51. The quantitative estimate of drug-likeness (QED) is 0.646. The highest BCUT2D eigenvalue weighted by atomic mass is 79.9. The molecule has 0 aliphatic rings. The minimum absolute atomic E-state index is 0.111. The molecule has 0 spiro atoms. The molecule has 0 unspecified atom stereocenters. The minimum Gasteiger partial charge on any atom is -0.372 e. The molecule has 0 fully saturated rings. The molecule has 0 radical (unpaired) electrons. The van der Waals surface area contributed by atoms with Crippen molar-refractivity contribution >= 4 is 39.0 Å². The van der Waals surface area contributed by atoms with Crippen LogP contribution in [0, 0.1) is 10.1 Å². The fourth-order valence-corrected chi connectivity index (χ4v) is 1.89. The van der Waals surface area contributed by atoms with Crippen molar-refractivity contribution in [3.63, 3.8) is 0 Å². The molecule has 1 aromatic heterocycles. The highest BCUT2D eigenvalue weighted by Crippen LogP contribution is 2.27. The van der Waals surface area contributed by atoms with Gasteiger partial charge < -0.3 is 10.6 Å². The molecule has 1 amide bonds. The molecule has 1 heterocycles. The third-order valence-corrected chi connectivity index (χ3v) is 3.21. The number of carbonyl (C=O) groups is 1. The van der Waals surface area contributed by atoms with Gasteiger partial charge in [-0.25, -0.2) is 9.97 Å². The van der Waals surface area contributed by atoms with Gasteiger partial charge in [0.05, 0.1) is 21.8 Å². The summed E-state index contributed by atoms with van der Waals surface area (Å²) in [4.78, 5) is 30.2. The number of nitro benzene ring substituents is 1. The van der Waals surface area contributed by atoms with Crippen molar-refractivity contribution in [3.05, 3.63) is 50.9 Å². The van der Waals surface area contributed by atoms with E-state index in [-0.39, 0.29) is 11.4 Å². The number of nitro groups is 1. The Balaban J connectivity index is 2.19. The number of rotatable bonds is 4. The summed E-state index contributed by atoms with van der Waals surface area (Å²) in [6, 6.07) is 4.30. The fraction of sp³-hybridized carbons (Fsp3) is 0.0833. The van der Waals surface area contributed by atoms with Crippen LogP contribution >= 0.6 is 15.9 Å². The van der Waals surface area contributed by atoms with E-state index in [9.17, 15) is 14.9 Å². The second-order valence-electron chi connectivity index (χ2n) is 3.91. The van der Waals surface area contributed by atoms with Crippen LogP contribution in [0.1, 0.15) is 10.5 Å². The molecule has 2 N–H and O–H groups in total. The maximum absolute atomic E-state index is 12.0. The first-order valence-electron chi connectivity index (χ1n) is 5.76. The van der Waals surface area contributed by atoms with Gasteiger partial charge in [0.25, 0.3) is 11.6 Å². The van der Waals surface area contributed by atoms with E-state index in [0.29, 0.717) is 16.0 Å². The normalized spacial score (nSPS) is 10.0. The minimum atomic E-state index is -0.540. The molecule has 108 valence electrons. The Hall–Kier alpha value is -2.55. The van der Waals surface area contributed by atoms with E-state index in [4.69, 9.17) is 0 Å². The van der Waals surface area contributed by atoms with E-state index in [1.165, 1.54) is 24.5 Å². The van der Waals surface area contributed by atoms with Crippen LogP contribution in [0.2, 0.25) is 0 Å². The molecular formula is C12H10BrN5O3. The molecule has 0 saturated carbocycles.